The average molecular weight is 472 g/mol. The molecule has 1 aliphatic rings. The van der Waals surface area contributed by atoms with Gasteiger partial charge in [0.2, 0.25) is 0 Å². The van der Waals surface area contributed by atoms with Gasteiger partial charge in [0.25, 0.3) is 5.56 Å². The summed E-state index contributed by atoms with van der Waals surface area (Å²) >= 11 is 5.94. The van der Waals surface area contributed by atoms with Gasteiger partial charge in [-0.15, -0.1) is 0 Å². The van der Waals surface area contributed by atoms with Gasteiger partial charge in [-0.25, -0.2) is 4.79 Å². The lowest BCUT2D eigenvalue weighted by atomic mass is 10.1. The molecule has 0 radical (unpaired) electrons. The van der Waals surface area contributed by atoms with Crippen LogP contribution in [-0.4, -0.2) is 49.4 Å². The number of aromatic amines is 1. The van der Waals surface area contributed by atoms with Crippen molar-refractivity contribution in [1.82, 2.24) is 9.88 Å². The molecule has 2 heterocycles. The molecular formula is C24H26ClN3O5. The predicted molar refractivity (Wildman–Crippen MR) is 128 cm³/mol. The highest BCUT2D eigenvalue weighted by atomic mass is 35.5. The van der Waals surface area contributed by atoms with E-state index in [1.54, 1.807) is 61.6 Å². The lowest BCUT2D eigenvalue weighted by Gasteiger charge is -2.26. The molecule has 4 rings (SSSR count). The molecule has 1 saturated heterocycles. The number of aromatic nitrogens is 1. The Labute approximate surface area is 196 Å². The molecule has 1 atom stereocenters. The molecule has 1 fully saturated rings. The fraction of sp³-hybridized carbons (Fsp3) is 0.333. The second-order valence-electron chi connectivity index (χ2n) is 7.87. The maximum Gasteiger partial charge on any atom is 0.322 e. The van der Waals surface area contributed by atoms with Crippen molar-refractivity contribution in [2.24, 2.45) is 0 Å². The number of nitrogens with zero attached hydrogens (tertiary/aromatic N) is 1. The predicted octanol–water partition coefficient (Wildman–Crippen LogP) is 4.41. The number of methoxy groups -OCH3 is 2. The number of carbonyl (C=O) groups excluding carboxylic acids is 1. The zero-order valence-corrected chi connectivity index (χ0v) is 19.3. The maximum atomic E-state index is 13.1. The van der Waals surface area contributed by atoms with E-state index in [1.807, 2.05) is 0 Å². The summed E-state index contributed by atoms with van der Waals surface area (Å²) in [6.45, 7) is 1.18. The first-order chi connectivity index (χ1) is 16.0. The summed E-state index contributed by atoms with van der Waals surface area (Å²) in [6, 6.07) is 11.8. The second-order valence-corrected chi connectivity index (χ2v) is 8.31. The summed E-state index contributed by atoms with van der Waals surface area (Å²) in [6.07, 6.45) is 1.76. The summed E-state index contributed by atoms with van der Waals surface area (Å²) in [7, 11) is 3.10. The van der Waals surface area contributed by atoms with Crippen molar-refractivity contribution >= 4 is 34.2 Å². The van der Waals surface area contributed by atoms with Gasteiger partial charge in [0, 0.05) is 40.9 Å². The molecule has 8 nitrogen and oxygen atoms in total. The third-order valence-electron chi connectivity index (χ3n) is 5.62. The normalized spacial score (nSPS) is 15.4. The van der Waals surface area contributed by atoms with Crippen LogP contribution < -0.4 is 20.3 Å². The van der Waals surface area contributed by atoms with E-state index in [-0.39, 0.29) is 24.2 Å². The summed E-state index contributed by atoms with van der Waals surface area (Å²) < 4.78 is 16.4. The van der Waals surface area contributed by atoms with Crippen LogP contribution in [0.15, 0.2) is 47.3 Å². The van der Waals surface area contributed by atoms with Crippen LogP contribution >= 0.6 is 11.6 Å². The van der Waals surface area contributed by atoms with E-state index >= 15 is 0 Å². The third kappa shape index (κ3) is 5.40. The van der Waals surface area contributed by atoms with Crippen LogP contribution in [0, 0.1) is 0 Å². The zero-order chi connectivity index (χ0) is 23.4. The molecular weight excluding hydrogens is 446 g/mol. The van der Waals surface area contributed by atoms with Crippen LogP contribution in [0.5, 0.6) is 11.5 Å². The Hall–Kier alpha value is -3.23. The van der Waals surface area contributed by atoms with Gasteiger partial charge in [0.1, 0.15) is 0 Å². The Morgan fingerprint density at radius 2 is 1.91 bits per heavy atom. The van der Waals surface area contributed by atoms with E-state index in [0.29, 0.717) is 46.4 Å². The molecule has 1 aliphatic heterocycles. The van der Waals surface area contributed by atoms with Gasteiger partial charge in [-0.3, -0.25) is 4.79 Å². The molecule has 0 unspecified atom stereocenters. The number of nitrogens with one attached hydrogen (secondary N) is 2. The SMILES string of the molecule is COc1cc2cc(CN(C[C@@H]3CCCO3)C(=O)Nc3ccc(Cl)cc3)c(=O)[nH]c2cc1OC. The zero-order valence-electron chi connectivity index (χ0n) is 18.5. The Bertz CT molecular complexity index is 1190. The van der Waals surface area contributed by atoms with Crippen LogP contribution in [0.25, 0.3) is 10.9 Å². The molecule has 9 heteroatoms. The molecule has 3 aromatic rings. The second kappa shape index (κ2) is 10.1. The van der Waals surface area contributed by atoms with Crippen LogP contribution in [0.3, 0.4) is 0 Å². The Kier molecular flexibility index (Phi) is 7.05. The Balaban J connectivity index is 1.62. The van der Waals surface area contributed by atoms with Crippen molar-refractivity contribution in [1.29, 1.82) is 0 Å². The summed E-state index contributed by atoms with van der Waals surface area (Å²) in [4.78, 5) is 30.5. The van der Waals surface area contributed by atoms with Crippen LogP contribution in [0.4, 0.5) is 10.5 Å². The number of H-pyrrole nitrogens is 1. The number of anilines is 1. The minimum atomic E-state index is -0.320. The lowest BCUT2D eigenvalue weighted by Crippen LogP contribution is -2.40. The number of fused-ring (bicyclic) bond motifs is 1. The van der Waals surface area contributed by atoms with Crippen molar-refractivity contribution in [2.75, 3.05) is 32.7 Å². The standard InChI is InChI=1S/C24H26ClN3O5/c1-31-21-11-15-10-16(23(29)27-20(15)12-22(21)32-2)13-28(14-19-4-3-9-33-19)24(30)26-18-7-5-17(25)6-8-18/h5-8,10-12,19H,3-4,9,13-14H2,1-2H3,(H,26,30)(H,27,29)/t19-/m0/s1. The Morgan fingerprint density at radius 3 is 2.58 bits per heavy atom. The highest BCUT2D eigenvalue weighted by Gasteiger charge is 2.24. The maximum absolute atomic E-state index is 13.1. The van der Waals surface area contributed by atoms with Gasteiger partial charge in [-0.2, -0.15) is 0 Å². The smallest absolute Gasteiger partial charge is 0.322 e. The van der Waals surface area contributed by atoms with E-state index in [4.69, 9.17) is 25.8 Å². The third-order valence-corrected chi connectivity index (χ3v) is 5.87. The van der Waals surface area contributed by atoms with E-state index in [1.165, 1.54) is 0 Å². The number of hydrogen-bond donors (Lipinski definition) is 2. The molecule has 33 heavy (non-hydrogen) atoms. The van der Waals surface area contributed by atoms with Gasteiger partial charge < -0.3 is 29.4 Å². The molecule has 0 saturated carbocycles. The summed E-state index contributed by atoms with van der Waals surface area (Å²) in [5, 5.41) is 4.24. The van der Waals surface area contributed by atoms with Crippen molar-refractivity contribution in [3.05, 3.63) is 63.4 Å². The fourth-order valence-electron chi connectivity index (χ4n) is 3.89. The topological polar surface area (TPSA) is 92.9 Å². The summed E-state index contributed by atoms with van der Waals surface area (Å²) in [5.74, 6) is 1.08. The number of carbonyl (C=O) groups is 1. The first kappa shape index (κ1) is 22.9. The number of pyridine rings is 1. The highest BCUT2D eigenvalue weighted by Crippen LogP contribution is 2.31. The van der Waals surface area contributed by atoms with Crippen molar-refractivity contribution in [2.45, 2.75) is 25.5 Å². The van der Waals surface area contributed by atoms with Gasteiger partial charge >= 0.3 is 6.03 Å². The number of rotatable bonds is 7. The van der Waals surface area contributed by atoms with Crippen LogP contribution in [0.1, 0.15) is 18.4 Å². The van der Waals surface area contributed by atoms with Gasteiger partial charge in [0.15, 0.2) is 11.5 Å². The quantitative estimate of drug-likeness (QED) is 0.532. The minimum Gasteiger partial charge on any atom is -0.493 e. The first-order valence-corrected chi connectivity index (χ1v) is 11.1. The fourth-order valence-corrected chi connectivity index (χ4v) is 4.02. The number of ether oxygens (including phenoxy) is 3. The molecule has 1 aromatic heterocycles. The van der Waals surface area contributed by atoms with Crippen LogP contribution in [-0.2, 0) is 11.3 Å². The molecule has 0 spiro atoms. The number of urea groups is 1. The molecule has 2 N–H and O–H groups in total. The first-order valence-electron chi connectivity index (χ1n) is 10.7. The lowest BCUT2D eigenvalue weighted by molar-refractivity contribution is 0.0818. The van der Waals surface area contributed by atoms with Gasteiger partial charge in [0.05, 0.1) is 32.4 Å². The van der Waals surface area contributed by atoms with E-state index in [2.05, 4.69) is 10.3 Å². The van der Waals surface area contributed by atoms with Crippen LogP contribution in [0.2, 0.25) is 5.02 Å². The van der Waals surface area contributed by atoms with Gasteiger partial charge in [-0.1, -0.05) is 11.6 Å². The van der Waals surface area contributed by atoms with E-state index in [0.717, 1.165) is 18.2 Å². The molecule has 174 valence electrons. The Morgan fingerprint density at radius 1 is 1.18 bits per heavy atom. The van der Waals surface area contributed by atoms with Crippen molar-refractivity contribution in [3.63, 3.8) is 0 Å². The molecule has 2 amide bonds. The van der Waals surface area contributed by atoms with E-state index in [9.17, 15) is 9.59 Å². The van der Waals surface area contributed by atoms with Crippen molar-refractivity contribution in [3.8, 4) is 11.5 Å². The average Bonchev–Trinajstić information content (AvgIpc) is 3.33. The minimum absolute atomic E-state index is 0.0649. The highest BCUT2D eigenvalue weighted by molar-refractivity contribution is 6.30. The largest absolute Gasteiger partial charge is 0.493 e. The molecule has 0 aliphatic carbocycles. The number of benzene rings is 2. The number of hydrogen-bond acceptors (Lipinski definition) is 5. The molecule has 0 bridgehead atoms. The van der Waals surface area contributed by atoms with Crippen molar-refractivity contribution < 1.29 is 19.0 Å². The van der Waals surface area contributed by atoms with Gasteiger partial charge in [-0.05, 0) is 49.2 Å². The monoisotopic (exact) mass is 471 g/mol. The number of amides is 2. The van der Waals surface area contributed by atoms with E-state index < -0.39 is 0 Å². The number of halogens is 1. The molecule has 2 aromatic carbocycles. The summed E-state index contributed by atoms with van der Waals surface area (Å²) in [5.41, 5.74) is 1.43.